The predicted molar refractivity (Wildman–Crippen MR) is 70.1 cm³/mol. The summed E-state index contributed by atoms with van der Waals surface area (Å²) in [5, 5.41) is 6.83. The molecule has 94 valence electrons. The second-order valence-corrected chi connectivity index (χ2v) is 4.94. The molecule has 17 heavy (non-hydrogen) atoms. The molecular weight excluding hydrogens is 212 g/mol. The summed E-state index contributed by atoms with van der Waals surface area (Å²) in [6.07, 6.45) is 4.48. The van der Waals surface area contributed by atoms with E-state index in [2.05, 4.69) is 41.4 Å². The highest BCUT2D eigenvalue weighted by Gasteiger charge is 2.22. The van der Waals surface area contributed by atoms with Crippen LogP contribution < -0.4 is 10.6 Å². The van der Waals surface area contributed by atoms with Crippen molar-refractivity contribution in [3.63, 3.8) is 0 Å². The van der Waals surface area contributed by atoms with Crippen molar-refractivity contribution in [3.8, 4) is 0 Å². The first kappa shape index (κ1) is 12.3. The van der Waals surface area contributed by atoms with Crippen molar-refractivity contribution >= 4 is 5.69 Å². The third-order valence-corrected chi connectivity index (χ3v) is 2.88. The lowest BCUT2D eigenvalue weighted by atomic mass is 10.2. The summed E-state index contributed by atoms with van der Waals surface area (Å²) in [5.41, 5.74) is 2.19. The molecule has 1 aliphatic carbocycles. The van der Waals surface area contributed by atoms with Crippen LogP contribution in [0.5, 0.6) is 0 Å². The lowest BCUT2D eigenvalue weighted by Gasteiger charge is -2.13. The van der Waals surface area contributed by atoms with Gasteiger partial charge in [-0.25, -0.2) is 9.97 Å². The second kappa shape index (κ2) is 5.45. The Kier molecular flexibility index (Phi) is 3.94. The SMILES string of the molecule is CCNCc1nc(C(C)C)ncc1NC1CC1. The third-order valence-electron chi connectivity index (χ3n) is 2.88. The Morgan fingerprint density at radius 2 is 2.18 bits per heavy atom. The fourth-order valence-corrected chi connectivity index (χ4v) is 1.66. The molecular formula is C13H22N4. The fraction of sp³-hybridized carbons (Fsp3) is 0.692. The van der Waals surface area contributed by atoms with Gasteiger partial charge >= 0.3 is 0 Å². The van der Waals surface area contributed by atoms with Crippen molar-refractivity contribution in [1.29, 1.82) is 0 Å². The van der Waals surface area contributed by atoms with Gasteiger partial charge in [-0.1, -0.05) is 20.8 Å². The maximum absolute atomic E-state index is 4.65. The molecule has 4 heteroatoms. The molecule has 0 aliphatic heterocycles. The molecule has 0 saturated heterocycles. The third kappa shape index (κ3) is 3.40. The van der Waals surface area contributed by atoms with Gasteiger partial charge in [0.1, 0.15) is 5.82 Å². The Balaban J connectivity index is 2.16. The number of hydrogen-bond donors (Lipinski definition) is 2. The molecule has 2 rings (SSSR count). The molecule has 2 N–H and O–H groups in total. The highest BCUT2D eigenvalue weighted by atomic mass is 15.0. The Morgan fingerprint density at radius 3 is 2.76 bits per heavy atom. The van der Waals surface area contributed by atoms with E-state index in [9.17, 15) is 0 Å². The molecule has 1 heterocycles. The van der Waals surface area contributed by atoms with Crippen molar-refractivity contribution in [2.75, 3.05) is 11.9 Å². The van der Waals surface area contributed by atoms with Crippen LogP contribution in [-0.2, 0) is 6.54 Å². The summed E-state index contributed by atoms with van der Waals surface area (Å²) < 4.78 is 0. The van der Waals surface area contributed by atoms with E-state index in [1.165, 1.54) is 12.8 Å². The molecule has 0 atom stereocenters. The van der Waals surface area contributed by atoms with Crippen molar-refractivity contribution < 1.29 is 0 Å². The van der Waals surface area contributed by atoms with Gasteiger partial charge in [0.25, 0.3) is 0 Å². The van der Waals surface area contributed by atoms with Gasteiger partial charge in [0.2, 0.25) is 0 Å². The monoisotopic (exact) mass is 234 g/mol. The average molecular weight is 234 g/mol. The topological polar surface area (TPSA) is 49.8 Å². The summed E-state index contributed by atoms with van der Waals surface area (Å²) in [5.74, 6) is 1.31. The summed E-state index contributed by atoms with van der Waals surface area (Å²) in [6, 6.07) is 0.642. The first-order chi connectivity index (χ1) is 8.20. The van der Waals surface area contributed by atoms with Crippen LogP contribution in [0.25, 0.3) is 0 Å². The molecule has 0 amide bonds. The first-order valence-corrected chi connectivity index (χ1v) is 6.53. The summed E-state index contributed by atoms with van der Waals surface area (Å²) >= 11 is 0. The lowest BCUT2D eigenvalue weighted by Crippen LogP contribution is -2.17. The molecule has 4 nitrogen and oxygen atoms in total. The quantitative estimate of drug-likeness (QED) is 0.793. The lowest BCUT2D eigenvalue weighted by molar-refractivity contribution is 0.688. The number of nitrogens with one attached hydrogen (secondary N) is 2. The van der Waals surface area contributed by atoms with Gasteiger partial charge in [0, 0.05) is 18.5 Å². The van der Waals surface area contributed by atoms with Gasteiger partial charge < -0.3 is 10.6 Å². The minimum Gasteiger partial charge on any atom is -0.380 e. The number of nitrogens with zero attached hydrogens (tertiary/aromatic N) is 2. The van der Waals surface area contributed by atoms with Gasteiger partial charge in [-0.05, 0) is 19.4 Å². The minimum absolute atomic E-state index is 0.380. The van der Waals surface area contributed by atoms with Crippen LogP contribution in [0.15, 0.2) is 6.20 Å². The van der Waals surface area contributed by atoms with Crippen LogP contribution in [0.4, 0.5) is 5.69 Å². The zero-order valence-electron chi connectivity index (χ0n) is 11.0. The molecule has 1 fully saturated rings. The van der Waals surface area contributed by atoms with E-state index in [-0.39, 0.29) is 0 Å². The Hall–Kier alpha value is -1.16. The maximum Gasteiger partial charge on any atom is 0.131 e. The molecule has 1 aromatic rings. The fourth-order valence-electron chi connectivity index (χ4n) is 1.66. The van der Waals surface area contributed by atoms with Crippen LogP contribution in [0.2, 0.25) is 0 Å². The highest BCUT2D eigenvalue weighted by Crippen LogP contribution is 2.26. The maximum atomic E-state index is 4.65. The highest BCUT2D eigenvalue weighted by molar-refractivity contribution is 5.48. The predicted octanol–water partition coefficient (Wildman–Crippen LogP) is 2.28. The normalized spacial score (nSPS) is 15.3. The first-order valence-electron chi connectivity index (χ1n) is 6.53. The zero-order valence-corrected chi connectivity index (χ0v) is 11.0. The minimum atomic E-state index is 0.380. The standard InChI is InChI=1S/C13H22N4/c1-4-14-7-11-12(16-10-5-6-10)8-15-13(17-11)9(2)3/h8-10,14,16H,4-7H2,1-3H3. The number of aromatic nitrogens is 2. The van der Waals surface area contributed by atoms with Crippen LogP contribution in [0, 0.1) is 0 Å². The number of rotatable bonds is 6. The number of hydrogen-bond acceptors (Lipinski definition) is 4. The molecule has 0 radical (unpaired) electrons. The van der Waals surface area contributed by atoms with E-state index in [0.717, 1.165) is 30.3 Å². The van der Waals surface area contributed by atoms with Crippen molar-refractivity contribution in [2.24, 2.45) is 0 Å². The molecule has 0 spiro atoms. The van der Waals surface area contributed by atoms with Crippen LogP contribution in [0.1, 0.15) is 51.0 Å². The molecule has 1 aliphatic rings. The summed E-state index contributed by atoms with van der Waals surface area (Å²) in [4.78, 5) is 9.08. The van der Waals surface area contributed by atoms with Crippen molar-refractivity contribution in [1.82, 2.24) is 15.3 Å². The smallest absolute Gasteiger partial charge is 0.131 e. The van der Waals surface area contributed by atoms with E-state index in [1.807, 2.05) is 6.20 Å². The van der Waals surface area contributed by atoms with Gasteiger partial charge in [0.05, 0.1) is 17.6 Å². The van der Waals surface area contributed by atoms with Crippen molar-refractivity contribution in [3.05, 3.63) is 17.7 Å². The van der Waals surface area contributed by atoms with E-state index >= 15 is 0 Å². The van der Waals surface area contributed by atoms with Crippen LogP contribution in [-0.4, -0.2) is 22.6 Å². The summed E-state index contributed by atoms with van der Waals surface area (Å²) in [6.45, 7) is 8.14. The summed E-state index contributed by atoms with van der Waals surface area (Å²) in [7, 11) is 0. The molecule has 0 unspecified atom stereocenters. The van der Waals surface area contributed by atoms with Gasteiger partial charge in [-0.3, -0.25) is 0 Å². The van der Waals surface area contributed by atoms with Gasteiger partial charge in [-0.15, -0.1) is 0 Å². The zero-order chi connectivity index (χ0) is 12.3. The Labute approximate surface area is 103 Å². The van der Waals surface area contributed by atoms with Gasteiger partial charge in [-0.2, -0.15) is 0 Å². The van der Waals surface area contributed by atoms with E-state index in [0.29, 0.717) is 12.0 Å². The van der Waals surface area contributed by atoms with Crippen molar-refractivity contribution in [2.45, 2.75) is 52.1 Å². The van der Waals surface area contributed by atoms with Crippen LogP contribution in [0.3, 0.4) is 0 Å². The van der Waals surface area contributed by atoms with Gasteiger partial charge in [0.15, 0.2) is 0 Å². The Bertz CT molecular complexity index is 372. The van der Waals surface area contributed by atoms with Crippen LogP contribution >= 0.6 is 0 Å². The molecule has 0 bridgehead atoms. The molecule has 1 aromatic heterocycles. The second-order valence-electron chi connectivity index (χ2n) is 4.94. The van der Waals surface area contributed by atoms with E-state index in [1.54, 1.807) is 0 Å². The Morgan fingerprint density at radius 1 is 1.41 bits per heavy atom. The van der Waals surface area contributed by atoms with E-state index in [4.69, 9.17) is 0 Å². The molecule has 0 aromatic carbocycles. The average Bonchev–Trinajstić information content (AvgIpc) is 3.11. The molecule has 1 saturated carbocycles. The van der Waals surface area contributed by atoms with E-state index < -0.39 is 0 Å². The number of anilines is 1. The largest absolute Gasteiger partial charge is 0.380 e.